The molecule has 2 aliphatic heterocycles. The number of fused-ring (bicyclic) bond motifs is 1. The lowest BCUT2D eigenvalue weighted by Crippen LogP contribution is -2.43. The highest BCUT2D eigenvalue weighted by atomic mass is 19.1. The molecule has 2 atom stereocenters. The van der Waals surface area contributed by atoms with Crippen LogP contribution in [0.3, 0.4) is 0 Å². The van der Waals surface area contributed by atoms with E-state index in [1.165, 1.54) is 0 Å². The number of hydrogen-bond acceptors (Lipinski definition) is 2. The van der Waals surface area contributed by atoms with Crippen molar-refractivity contribution in [1.29, 1.82) is 0 Å². The van der Waals surface area contributed by atoms with Crippen LogP contribution in [0.1, 0.15) is 24.8 Å². The van der Waals surface area contributed by atoms with Gasteiger partial charge >= 0.3 is 6.03 Å². The Morgan fingerprint density at radius 2 is 1.90 bits per heavy atom. The van der Waals surface area contributed by atoms with E-state index in [4.69, 9.17) is 0 Å². The zero-order valence-electron chi connectivity index (χ0n) is 16.0. The summed E-state index contributed by atoms with van der Waals surface area (Å²) >= 11 is 0. The summed E-state index contributed by atoms with van der Waals surface area (Å²) in [4.78, 5) is 28.9. The third-order valence-electron chi connectivity index (χ3n) is 5.75. The lowest BCUT2D eigenvalue weighted by atomic mass is 9.98. The maximum atomic E-state index is 13.9. The molecule has 3 amide bonds. The second kappa shape index (κ2) is 8.19. The van der Waals surface area contributed by atoms with Crippen LogP contribution in [0.15, 0.2) is 48.5 Å². The lowest BCUT2D eigenvalue weighted by molar-refractivity contribution is -0.133. The molecule has 5 nitrogen and oxygen atoms in total. The van der Waals surface area contributed by atoms with E-state index < -0.39 is 17.7 Å². The van der Waals surface area contributed by atoms with Gasteiger partial charge in [0, 0.05) is 32.1 Å². The molecule has 0 spiro atoms. The van der Waals surface area contributed by atoms with E-state index >= 15 is 0 Å². The molecule has 0 saturated carbocycles. The highest BCUT2D eigenvalue weighted by Crippen LogP contribution is 2.32. The fourth-order valence-electron chi connectivity index (χ4n) is 4.27. The number of hydrogen-bond donors (Lipinski definition) is 1. The van der Waals surface area contributed by atoms with Crippen molar-refractivity contribution in [2.24, 2.45) is 5.92 Å². The number of rotatable bonds is 3. The number of likely N-dealkylation sites (tertiary alicyclic amines) is 2. The van der Waals surface area contributed by atoms with Gasteiger partial charge in [-0.25, -0.2) is 13.6 Å². The Morgan fingerprint density at radius 3 is 2.69 bits per heavy atom. The van der Waals surface area contributed by atoms with Gasteiger partial charge in [0.2, 0.25) is 5.91 Å². The molecule has 152 valence electrons. The van der Waals surface area contributed by atoms with E-state index in [0.717, 1.165) is 36.6 Å². The maximum Gasteiger partial charge on any atom is 0.322 e. The monoisotopic (exact) mass is 399 g/mol. The standard InChI is InChI=1S/C22H23F2N3O2/c23-17-9-10-18(24)19(11-17)25-22(29)26-13-16-7-4-8-21(28)27(20(16)14-26)12-15-5-2-1-3-6-15/h1-3,5-6,9-11,16,20H,4,7-8,12-14H2,(H,25,29)/t16-,20+/m1/s1. The van der Waals surface area contributed by atoms with Crippen molar-refractivity contribution in [2.45, 2.75) is 31.8 Å². The number of urea groups is 1. The molecule has 2 saturated heterocycles. The number of amides is 3. The van der Waals surface area contributed by atoms with Crippen LogP contribution in [0.5, 0.6) is 0 Å². The molecular weight excluding hydrogens is 376 g/mol. The fourth-order valence-corrected chi connectivity index (χ4v) is 4.27. The van der Waals surface area contributed by atoms with Crippen molar-refractivity contribution in [3.63, 3.8) is 0 Å². The molecule has 7 heteroatoms. The highest BCUT2D eigenvalue weighted by Gasteiger charge is 2.41. The third kappa shape index (κ3) is 4.23. The minimum absolute atomic E-state index is 0.0756. The van der Waals surface area contributed by atoms with Crippen molar-refractivity contribution in [3.05, 3.63) is 65.7 Å². The number of halogens is 2. The molecule has 2 aliphatic rings. The Bertz CT molecular complexity index is 906. The first-order valence-electron chi connectivity index (χ1n) is 9.85. The maximum absolute atomic E-state index is 13.9. The normalized spacial score (nSPS) is 21.7. The Morgan fingerprint density at radius 1 is 1.10 bits per heavy atom. The molecule has 0 radical (unpaired) electrons. The first-order valence-corrected chi connectivity index (χ1v) is 9.85. The van der Waals surface area contributed by atoms with Crippen LogP contribution in [0.2, 0.25) is 0 Å². The van der Waals surface area contributed by atoms with E-state index in [1.807, 2.05) is 35.2 Å². The number of carbonyl (C=O) groups excluding carboxylic acids is 2. The second-order valence-electron chi connectivity index (χ2n) is 7.69. The van der Waals surface area contributed by atoms with Gasteiger partial charge < -0.3 is 15.1 Å². The highest BCUT2D eigenvalue weighted by molar-refractivity contribution is 5.90. The van der Waals surface area contributed by atoms with Gasteiger partial charge in [0.05, 0.1) is 11.7 Å². The summed E-state index contributed by atoms with van der Waals surface area (Å²) in [6.07, 6.45) is 2.17. The minimum atomic E-state index is -0.686. The van der Waals surface area contributed by atoms with Crippen LogP contribution in [0.25, 0.3) is 0 Å². The molecule has 2 fully saturated rings. The van der Waals surface area contributed by atoms with Gasteiger partial charge in [-0.05, 0) is 36.5 Å². The van der Waals surface area contributed by atoms with E-state index in [9.17, 15) is 18.4 Å². The van der Waals surface area contributed by atoms with E-state index in [0.29, 0.717) is 26.1 Å². The number of nitrogens with zero attached hydrogens (tertiary/aromatic N) is 2. The van der Waals surface area contributed by atoms with Gasteiger partial charge in [-0.3, -0.25) is 4.79 Å². The number of anilines is 1. The van der Waals surface area contributed by atoms with Crippen molar-refractivity contribution in [3.8, 4) is 0 Å². The number of benzene rings is 2. The van der Waals surface area contributed by atoms with Crippen LogP contribution >= 0.6 is 0 Å². The summed E-state index contributed by atoms with van der Waals surface area (Å²) in [5.74, 6) is -1.03. The molecule has 2 aromatic rings. The Labute approximate surface area is 168 Å². The third-order valence-corrected chi connectivity index (χ3v) is 5.75. The zero-order chi connectivity index (χ0) is 20.4. The van der Waals surface area contributed by atoms with E-state index in [1.54, 1.807) is 4.90 Å². The van der Waals surface area contributed by atoms with Gasteiger partial charge in [0.1, 0.15) is 11.6 Å². The first-order chi connectivity index (χ1) is 14.0. The number of carbonyl (C=O) groups is 2. The molecular formula is C22H23F2N3O2. The van der Waals surface area contributed by atoms with E-state index in [-0.39, 0.29) is 23.6 Å². The Balaban J connectivity index is 1.49. The summed E-state index contributed by atoms with van der Waals surface area (Å²) in [6, 6.07) is 12.2. The predicted octanol–water partition coefficient (Wildman–Crippen LogP) is 4.01. The van der Waals surface area contributed by atoms with Gasteiger partial charge in [-0.2, -0.15) is 0 Å². The van der Waals surface area contributed by atoms with Gasteiger partial charge in [0.25, 0.3) is 0 Å². The first kappa shape index (κ1) is 19.4. The molecule has 0 bridgehead atoms. The Hall–Kier alpha value is -2.96. The second-order valence-corrected chi connectivity index (χ2v) is 7.69. The van der Waals surface area contributed by atoms with Crippen molar-refractivity contribution in [1.82, 2.24) is 9.80 Å². The van der Waals surface area contributed by atoms with Crippen molar-refractivity contribution < 1.29 is 18.4 Å². The van der Waals surface area contributed by atoms with Crippen LogP contribution in [-0.2, 0) is 11.3 Å². The quantitative estimate of drug-likeness (QED) is 0.848. The average molecular weight is 399 g/mol. The molecule has 0 unspecified atom stereocenters. The zero-order valence-corrected chi connectivity index (χ0v) is 16.0. The summed E-state index contributed by atoms with van der Waals surface area (Å²) in [5.41, 5.74) is 0.866. The molecule has 1 N–H and O–H groups in total. The van der Waals surface area contributed by atoms with Gasteiger partial charge in [0.15, 0.2) is 0 Å². The Kier molecular flexibility index (Phi) is 5.47. The van der Waals surface area contributed by atoms with Crippen LogP contribution in [0.4, 0.5) is 19.3 Å². The number of nitrogens with one attached hydrogen (secondary N) is 1. The fraction of sp³-hybridized carbons (Fsp3) is 0.364. The SMILES string of the molecule is O=C(Nc1cc(F)ccc1F)N1C[C@H]2CCCC(=O)N(Cc3ccccc3)[C@H]2C1. The summed E-state index contributed by atoms with van der Waals surface area (Å²) in [6.45, 7) is 1.38. The summed E-state index contributed by atoms with van der Waals surface area (Å²) < 4.78 is 27.3. The van der Waals surface area contributed by atoms with Crippen LogP contribution in [0, 0.1) is 17.6 Å². The minimum Gasteiger partial charge on any atom is -0.333 e. The lowest BCUT2D eigenvalue weighted by Gasteiger charge is -2.30. The van der Waals surface area contributed by atoms with Crippen LogP contribution in [-0.4, -0.2) is 40.9 Å². The largest absolute Gasteiger partial charge is 0.333 e. The summed E-state index contributed by atoms with van der Waals surface area (Å²) in [5, 5.41) is 2.46. The molecule has 4 rings (SSSR count). The predicted molar refractivity (Wildman–Crippen MR) is 105 cm³/mol. The van der Waals surface area contributed by atoms with Crippen molar-refractivity contribution in [2.75, 3.05) is 18.4 Å². The van der Waals surface area contributed by atoms with Crippen LogP contribution < -0.4 is 5.32 Å². The van der Waals surface area contributed by atoms with Gasteiger partial charge in [-0.1, -0.05) is 30.3 Å². The average Bonchev–Trinajstić information content (AvgIpc) is 3.08. The smallest absolute Gasteiger partial charge is 0.322 e. The molecule has 0 aliphatic carbocycles. The summed E-state index contributed by atoms with van der Waals surface area (Å²) in [7, 11) is 0. The van der Waals surface area contributed by atoms with Gasteiger partial charge in [-0.15, -0.1) is 0 Å². The molecule has 0 aromatic heterocycles. The molecule has 29 heavy (non-hydrogen) atoms. The van der Waals surface area contributed by atoms with E-state index in [2.05, 4.69) is 5.32 Å². The molecule has 2 aromatic carbocycles. The molecule has 2 heterocycles. The van der Waals surface area contributed by atoms with Crippen molar-refractivity contribution >= 4 is 17.6 Å². The topological polar surface area (TPSA) is 52.7 Å².